The van der Waals surface area contributed by atoms with Gasteiger partial charge in [0, 0.05) is 57.8 Å². The molecule has 0 spiro atoms. The summed E-state index contributed by atoms with van der Waals surface area (Å²) in [5.41, 5.74) is 9.12. The van der Waals surface area contributed by atoms with E-state index in [1.165, 1.54) is 11.8 Å². The Hall–Kier alpha value is -5.29. The van der Waals surface area contributed by atoms with Crippen LogP contribution < -0.4 is 5.32 Å². The molecule has 0 aliphatic carbocycles. The van der Waals surface area contributed by atoms with Gasteiger partial charge in [0.2, 0.25) is 0 Å². The normalized spacial score (nSPS) is 19.5. The highest BCUT2D eigenvalue weighted by Gasteiger charge is 2.34. The van der Waals surface area contributed by atoms with E-state index in [0.717, 1.165) is 84.6 Å². The maximum atomic E-state index is 12.9. The number of ether oxygens (including phenoxy) is 2. The van der Waals surface area contributed by atoms with Gasteiger partial charge < -0.3 is 19.9 Å². The maximum Gasteiger partial charge on any atom is 0.271 e. The van der Waals surface area contributed by atoms with E-state index in [9.17, 15) is 9.90 Å². The molecule has 3 atom stereocenters. The number of nitrogens with zero attached hydrogens (tertiary/aromatic N) is 4. The van der Waals surface area contributed by atoms with Crippen LogP contribution in [0.25, 0.3) is 22.2 Å². The van der Waals surface area contributed by atoms with Crippen LogP contribution in [0.15, 0.2) is 134 Å². The van der Waals surface area contributed by atoms with Crippen molar-refractivity contribution < 1.29 is 19.4 Å². The van der Waals surface area contributed by atoms with Gasteiger partial charge in [0.1, 0.15) is 5.69 Å². The smallest absolute Gasteiger partial charge is 0.271 e. The van der Waals surface area contributed by atoms with E-state index in [1.807, 2.05) is 48.5 Å². The van der Waals surface area contributed by atoms with Crippen molar-refractivity contribution in [3.05, 3.63) is 167 Å². The Morgan fingerprint density at radius 3 is 2.19 bits per heavy atom. The first-order valence-electron chi connectivity index (χ1n) is 18.7. The number of aromatic nitrogens is 2. The lowest BCUT2D eigenvalue weighted by Crippen LogP contribution is -2.49. The topological polar surface area (TPSA) is 100 Å². The number of amides is 1. The number of carbonyl (C=O) groups excluding carboxylic acids is 1. The van der Waals surface area contributed by atoms with Crippen LogP contribution in [-0.2, 0) is 29.2 Å². The van der Waals surface area contributed by atoms with Crippen molar-refractivity contribution in [2.75, 3.05) is 32.7 Å². The van der Waals surface area contributed by atoms with Crippen molar-refractivity contribution >= 4 is 16.9 Å². The minimum Gasteiger partial charge on any atom is -0.392 e. The molecule has 3 heterocycles. The SMILES string of the molecule is O=C(NCc1cccc(-c2ccc(C3OC(CN4CCN(Cc5ccccc5)CC4)CC(c4ccc(CO)cc4)O3)cc2)c1)c1cnc2ccccc2n1. The van der Waals surface area contributed by atoms with Gasteiger partial charge >= 0.3 is 0 Å². The van der Waals surface area contributed by atoms with Crippen LogP contribution in [0.5, 0.6) is 0 Å². The minimum atomic E-state index is -0.514. The first-order valence-corrected chi connectivity index (χ1v) is 18.7. The Labute approximate surface area is 316 Å². The van der Waals surface area contributed by atoms with Gasteiger partial charge in [-0.25, -0.2) is 4.98 Å². The fourth-order valence-electron chi connectivity index (χ4n) is 7.33. The van der Waals surface area contributed by atoms with E-state index in [4.69, 9.17) is 9.47 Å². The standard InChI is InChI=1S/C45H45N5O4/c51-31-33-13-15-36(16-14-33)43-26-39(30-50-23-21-49(22-24-50)29-32-7-2-1-3-8-32)53-45(54-43)37-19-17-35(18-20-37)38-10-6-9-34(25-38)27-47-44(52)42-28-46-40-11-4-5-12-41(40)48-42/h1-20,25,28,39,43,45,51H,21-24,26-27,29-31H2,(H,47,52). The van der Waals surface area contributed by atoms with E-state index in [1.54, 1.807) is 0 Å². The second-order valence-electron chi connectivity index (χ2n) is 14.2. The molecule has 2 aliphatic heterocycles. The van der Waals surface area contributed by atoms with Crippen LogP contribution in [0.3, 0.4) is 0 Å². The summed E-state index contributed by atoms with van der Waals surface area (Å²) in [6.45, 7) is 6.28. The van der Waals surface area contributed by atoms with E-state index >= 15 is 0 Å². The van der Waals surface area contributed by atoms with Gasteiger partial charge in [-0.3, -0.25) is 19.6 Å². The van der Waals surface area contributed by atoms with Crippen molar-refractivity contribution in [2.24, 2.45) is 0 Å². The predicted octanol–water partition coefficient (Wildman–Crippen LogP) is 7.08. The number of piperazine rings is 1. The number of nitrogens with one attached hydrogen (secondary N) is 1. The Balaban J connectivity index is 0.923. The van der Waals surface area contributed by atoms with E-state index < -0.39 is 6.29 Å². The summed E-state index contributed by atoms with van der Waals surface area (Å²) in [5.74, 6) is -0.262. The van der Waals surface area contributed by atoms with Gasteiger partial charge in [0.15, 0.2) is 6.29 Å². The highest BCUT2D eigenvalue weighted by molar-refractivity contribution is 5.93. The third kappa shape index (κ3) is 8.73. The lowest BCUT2D eigenvalue weighted by molar-refractivity contribution is -0.253. The average molecular weight is 720 g/mol. The molecule has 1 amide bonds. The molecule has 5 aromatic carbocycles. The number of rotatable bonds is 11. The van der Waals surface area contributed by atoms with Gasteiger partial charge in [-0.15, -0.1) is 0 Å². The number of hydrogen-bond acceptors (Lipinski definition) is 8. The van der Waals surface area contributed by atoms with Crippen molar-refractivity contribution in [1.29, 1.82) is 0 Å². The van der Waals surface area contributed by atoms with Crippen LogP contribution in [0.1, 0.15) is 57.1 Å². The molecule has 3 unspecified atom stereocenters. The second-order valence-corrected chi connectivity index (χ2v) is 14.2. The molecule has 2 fully saturated rings. The molecule has 9 nitrogen and oxygen atoms in total. The predicted molar refractivity (Wildman–Crippen MR) is 209 cm³/mol. The second kappa shape index (κ2) is 16.8. The molecule has 2 N–H and O–H groups in total. The number of aliphatic hydroxyl groups is 1. The fraction of sp³-hybridized carbons (Fsp3) is 0.267. The molecule has 0 bridgehead atoms. The van der Waals surface area contributed by atoms with Crippen molar-refractivity contribution in [3.63, 3.8) is 0 Å². The third-order valence-corrected chi connectivity index (χ3v) is 10.4. The van der Waals surface area contributed by atoms with Crippen LogP contribution in [0.4, 0.5) is 0 Å². The van der Waals surface area contributed by atoms with Crippen LogP contribution >= 0.6 is 0 Å². The fourth-order valence-corrected chi connectivity index (χ4v) is 7.33. The number of para-hydroxylation sites is 2. The molecular weight excluding hydrogens is 675 g/mol. The number of benzene rings is 5. The lowest BCUT2D eigenvalue weighted by Gasteiger charge is -2.40. The summed E-state index contributed by atoms with van der Waals surface area (Å²) >= 11 is 0. The summed E-state index contributed by atoms with van der Waals surface area (Å²) in [4.78, 5) is 26.8. The highest BCUT2D eigenvalue weighted by Crippen LogP contribution is 2.39. The monoisotopic (exact) mass is 719 g/mol. The van der Waals surface area contributed by atoms with Gasteiger partial charge in [0.25, 0.3) is 5.91 Å². The number of fused-ring (bicyclic) bond motifs is 1. The van der Waals surface area contributed by atoms with Crippen molar-refractivity contribution in [1.82, 2.24) is 25.1 Å². The van der Waals surface area contributed by atoms with Crippen LogP contribution in [0.2, 0.25) is 0 Å². The Bertz CT molecular complexity index is 2150. The van der Waals surface area contributed by atoms with Crippen LogP contribution in [0, 0.1) is 0 Å². The molecule has 8 rings (SSSR count). The van der Waals surface area contributed by atoms with Crippen molar-refractivity contribution in [3.8, 4) is 11.1 Å². The summed E-state index contributed by atoms with van der Waals surface area (Å²) < 4.78 is 13.4. The Morgan fingerprint density at radius 1 is 0.704 bits per heavy atom. The zero-order chi connectivity index (χ0) is 36.7. The number of carbonyl (C=O) groups is 1. The molecule has 2 aliphatic rings. The summed E-state index contributed by atoms with van der Waals surface area (Å²) in [5, 5.41) is 12.6. The first kappa shape index (κ1) is 35.7. The molecule has 0 saturated carbocycles. The lowest BCUT2D eigenvalue weighted by atomic mass is 9.98. The largest absolute Gasteiger partial charge is 0.392 e. The molecule has 2 saturated heterocycles. The van der Waals surface area contributed by atoms with E-state index in [0.29, 0.717) is 17.8 Å². The van der Waals surface area contributed by atoms with Gasteiger partial charge in [-0.2, -0.15) is 0 Å². The molecule has 274 valence electrons. The molecule has 54 heavy (non-hydrogen) atoms. The van der Waals surface area contributed by atoms with E-state index in [2.05, 4.69) is 104 Å². The zero-order valence-corrected chi connectivity index (χ0v) is 30.3. The quantitative estimate of drug-likeness (QED) is 0.147. The third-order valence-electron chi connectivity index (χ3n) is 10.4. The van der Waals surface area contributed by atoms with E-state index in [-0.39, 0.29) is 24.7 Å². The molecular formula is C45H45N5O4. The maximum absolute atomic E-state index is 12.9. The zero-order valence-electron chi connectivity index (χ0n) is 30.3. The minimum absolute atomic E-state index is 0.000834. The van der Waals surface area contributed by atoms with Gasteiger partial charge in [-0.05, 0) is 51.6 Å². The number of hydrogen-bond donors (Lipinski definition) is 2. The van der Waals surface area contributed by atoms with Gasteiger partial charge in [0.05, 0.1) is 36.0 Å². The average Bonchev–Trinajstić information content (AvgIpc) is 3.24. The van der Waals surface area contributed by atoms with Crippen LogP contribution in [-0.4, -0.2) is 69.6 Å². The molecule has 9 heteroatoms. The molecule has 1 aromatic heterocycles. The summed E-state index contributed by atoms with van der Waals surface area (Å²) in [6, 6.07) is 42.8. The number of aliphatic hydroxyl groups excluding tert-OH is 1. The Kier molecular flexibility index (Phi) is 11.1. The van der Waals surface area contributed by atoms with Crippen molar-refractivity contribution in [2.45, 2.75) is 44.6 Å². The first-order chi connectivity index (χ1) is 26.6. The summed E-state index contributed by atoms with van der Waals surface area (Å²) in [6.07, 6.45) is 1.63. The summed E-state index contributed by atoms with van der Waals surface area (Å²) in [7, 11) is 0. The molecule has 0 radical (unpaired) electrons. The Morgan fingerprint density at radius 2 is 1.41 bits per heavy atom. The highest BCUT2D eigenvalue weighted by atomic mass is 16.7. The van der Waals surface area contributed by atoms with Gasteiger partial charge in [-0.1, -0.05) is 109 Å². The molecule has 6 aromatic rings.